The number of hydrogen-bond donors (Lipinski definition) is 3. The van der Waals surface area contributed by atoms with Gasteiger partial charge in [0.15, 0.2) is 0 Å². The topological polar surface area (TPSA) is 81.7 Å². The van der Waals surface area contributed by atoms with E-state index < -0.39 is 6.03 Å². The monoisotopic (exact) mass is 271 g/mol. The van der Waals surface area contributed by atoms with Crippen molar-refractivity contribution in [3.05, 3.63) is 0 Å². The first-order valence-electron chi connectivity index (χ1n) is 6.98. The molecule has 0 aliphatic carbocycles. The van der Waals surface area contributed by atoms with Gasteiger partial charge in [-0.2, -0.15) is 0 Å². The molecule has 1 saturated heterocycles. The Bertz CT molecular complexity index is 306. The quantitative estimate of drug-likeness (QED) is 0.678. The molecule has 1 atom stereocenters. The number of carbonyl (C=O) groups excluding carboxylic acids is 2. The highest BCUT2D eigenvalue weighted by Crippen LogP contribution is 2.18. The zero-order chi connectivity index (χ0) is 14.3. The molecule has 0 aromatic heterocycles. The second kappa shape index (κ2) is 8.12. The van der Waals surface area contributed by atoms with Crippen LogP contribution in [0.1, 0.15) is 39.5 Å². The maximum absolute atomic E-state index is 11.8. The van der Waals surface area contributed by atoms with Gasteiger partial charge in [-0.05, 0) is 39.7 Å². The molecule has 19 heavy (non-hydrogen) atoms. The summed E-state index contributed by atoms with van der Waals surface area (Å²) in [5, 5.41) is 14.0. The molecule has 1 heterocycles. The first-order valence-corrected chi connectivity index (χ1v) is 6.98. The van der Waals surface area contributed by atoms with E-state index in [0.717, 1.165) is 25.8 Å². The van der Waals surface area contributed by atoms with Crippen molar-refractivity contribution in [2.45, 2.75) is 51.6 Å². The molecular weight excluding hydrogens is 246 g/mol. The molecule has 0 bridgehead atoms. The van der Waals surface area contributed by atoms with Gasteiger partial charge in [0.2, 0.25) is 5.91 Å². The Balaban J connectivity index is 2.39. The van der Waals surface area contributed by atoms with Gasteiger partial charge in [0.1, 0.15) is 0 Å². The minimum absolute atomic E-state index is 0.00456. The van der Waals surface area contributed by atoms with Crippen molar-refractivity contribution in [1.29, 1.82) is 0 Å². The van der Waals surface area contributed by atoms with Gasteiger partial charge in [-0.25, -0.2) is 4.79 Å². The highest BCUT2D eigenvalue weighted by atomic mass is 16.3. The lowest BCUT2D eigenvalue weighted by atomic mass is 10.00. The van der Waals surface area contributed by atoms with Gasteiger partial charge in [-0.1, -0.05) is 6.42 Å². The van der Waals surface area contributed by atoms with E-state index in [1.54, 1.807) is 0 Å². The van der Waals surface area contributed by atoms with Crippen LogP contribution in [-0.2, 0) is 4.79 Å². The highest BCUT2D eigenvalue weighted by molar-refractivity contribution is 5.95. The van der Waals surface area contributed by atoms with Gasteiger partial charge < -0.3 is 10.4 Å². The molecule has 0 spiro atoms. The van der Waals surface area contributed by atoms with E-state index in [-0.39, 0.29) is 31.1 Å². The number of piperidine rings is 1. The van der Waals surface area contributed by atoms with Crippen molar-refractivity contribution in [3.63, 3.8) is 0 Å². The van der Waals surface area contributed by atoms with E-state index >= 15 is 0 Å². The van der Waals surface area contributed by atoms with Crippen molar-refractivity contribution >= 4 is 11.9 Å². The number of imide groups is 1. The number of nitrogens with one attached hydrogen (secondary N) is 2. The van der Waals surface area contributed by atoms with Crippen molar-refractivity contribution < 1.29 is 14.7 Å². The SMILES string of the molecule is CC(C)NC(=O)NC(=O)CN1CCCCC1CCO. The van der Waals surface area contributed by atoms with Crippen LogP contribution in [0.2, 0.25) is 0 Å². The van der Waals surface area contributed by atoms with Gasteiger partial charge in [-0.3, -0.25) is 15.0 Å². The first-order chi connectivity index (χ1) is 9.02. The van der Waals surface area contributed by atoms with E-state index in [9.17, 15) is 9.59 Å². The van der Waals surface area contributed by atoms with Gasteiger partial charge in [-0.15, -0.1) is 0 Å². The van der Waals surface area contributed by atoms with E-state index in [4.69, 9.17) is 5.11 Å². The molecule has 3 amide bonds. The third-order valence-electron chi connectivity index (χ3n) is 3.23. The Hall–Kier alpha value is -1.14. The Labute approximate surface area is 114 Å². The van der Waals surface area contributed by atoms with Crippen LogP contribution in [0.5, 0.6) is 0 Å². The highest BCUT2D eigenvalue weighted by Gasteiger charge is 2.24. The molecule has 0 saturated carbocycles. The molecule has 1 rings (SSSR count). The first kappa shape index (κ1) is 15.9. The molecular formula is C13H25N3O3. The predicted octanol–water partition coefficient (Wildman–Crippen LogP) is 0.458. The summed E-state index contributed by atoms with van der Waals surface area (Å²) in [6, 6.07) is -0.196. The molecule has 110 valence electrons. The third-order valence-corrected chi connectivity index (χ3v) is 3.23. The molecule has 1 fully saturated rings. The third kappa shape index (κ3) is 6.02. The second-order valence-electron chi connectivity index (χ2n) is 5.31. The van der Waals surface area contributed by atoms with Crippen LogP contribution in [0.15, 0.2) is 0 Å². The van der Waals surface area contributed by atoms with Crippen molar-refractivity contribution in [1.82, 2.24) is 15.5 Å². The lowest BCUT2D eigenvalue weighted by Crippen LogP contribution is -2.49. The summed E-state index contributed by atoms with van der Waals surface area (Å²) in [5.41, 5.74) is 0. The Morgan fingerprint density at radius 3 is 2.74 bits per heavy atom. The lowest BCUT2D eigenvalue weighted by molar-refractivity contribution is -0.122. The number of aliphatic hydroxyl groups is 1. The standard InChI is InChI=1S/C13H25N3O3/c1-10(2)14-13(19)15-12(18)9-16-7-4-3-5-11(16)6-8-17/h10-11,17H,3-9H2,1-2H3,(H2,14,15,18,19). The fourth-order valence-corrected chi connectivity index (χ4v) is 2.39. The number of hydrogen-bond acceptors (Lipinski definition) is 4. The molecule has 0 aromatic rings. The summed E-state index contributed by atoms with van der Waals surface area (Å²) in [6.45, 7) is 4.88. The molecule has 0 radical (unpaired) electrons. The number of likely N-dealkylation sites (tertiary alicyclic amines) is 1. The van der Waals surface area contributed by atoms with Crippen molar-refractivity contribution in [2.75, 3.05) is 19.7 Å². The maximum atomic E-state index is 11.8. The van der Waals surface area contributed by atoms with Crippen molar-refractivity contribution in [3.8, 4) is 0 Å². The fraction of sp³-hybridized carbons (Fsp3) is 0.846. The Morgan fingerprint density at radius 2 is 2.11 bits per heavy atom. The van der Waals surface area contributed by atoms with Gasteiger partial charge in [0, 0.05) is 18.7 Å². The summed E-state index contributed by atoms with van der Waals surface area (Å²) < 4.78 is 0. The molecule has 0 aromatic carbocycles. The number of aliphatic hydroxyl groups excluding tert-OH is 1. The number of amides is 3. The summed E-state index contributed by atoms with van der Waals surface area (Å²) in [4.78, 5) is 25.2. The van der Waals surface area contributed by atoms with Crippen LogP contribution >= 0.6 is 0 Å². The molecule has 6 nitrogen and oxygen atoms in total. The number of rotatable bonds is 5. The maximum Gasteiger partial charge on any atom is 0.321 e. The second-order valence-corrected chi connectivity index (χ2v) is 5.31. The van der Waals surface area contributed by atoms with E-state index in [1.165, 1.54) is 0 Å². The summed E-state index contributed by atoms with van der Waals surface area (Å²) in [6.07, 6.45) is 3.89. The minimum atomic E-state index is -0.448. The molecule has 1 aliphatic heterocycles. The largest absolute Gasteiger partial charge is 0.396 e. The van der Waals surface area contributed by atoms with Crippen LogP contribution in [0.25, 0.3) is 0 Å². The minimum Gasteiger partial charge on any atom is -0.396 e. The zero-order valence-electron chi connectivity index (χ0n) is 11.8. The smallest absolute Gasteiger partial charge is 0.321 e. The Morgan fingerprint density at radius 1 is 1.37 bits per heavy atom. The van der Waals surface area contributed by atoms with Gasteiger partial charge >= 0.3 is 6.03 Å². The van der Waals surface area contributed by atoms with Crippen LogP contribution in [0.4, 0.5) is 4.79 Å². The molecule has 1 aliphatic rings. The number of carbonyl (C=O) groups is 2. The average Bonchev–Trinajstić information content (AvgIpc) is 2.30. The van der Waals surface area contributed by atoms with Gasteiger partial charge in [0.25, 0.3) is 0 Å². The summed E-state index contributed by atoms with van der Waals surface area (Å²) in [5.74, 6) is -0.289. The van der Waals surface area contributed by atoms with Crippen LogP contribution in [0, 0.1) is 0 Å². The van der Waals surface area contributed by atoms with E-state index in [0.29, 0.717) is 6.42 Å². The molecule has 6 heteroatoms. The van der Waals surface area contributed by atoms with Crippen LogP contribution < -0.4 is 10.6 Å². The van der Waals surface area contributed by atoms with E-state index in [2.05, 4.69) is 15.5 Å². The molecule has 3 N–H and O–H groups in total. The number of nitrogens with zero attached hydrogens (tertiary/aromatic N) is 1. The van der Waals surface area contributed by atoms with Crippen molar-refractivity contribution in [2.24, 2.45) is 0 Å². The fourth-order valence-electron chi connectivity index (χ4n) is 2.39. The van der Waals surface area contributed by atoms with Crippen LogP contribution in [-0.4, -0.2) is 53.7 Å². The number of urea groups is 1. The molecule has 1 unspecified atom stereocenters. The summed E-state index contributed by atoms with van der Waals surface area (Å²) >= 11 is 0. The zero-order valence-corrected chi connectivity index (χ0v) is 11.8. The lowest BCUT2D eigenvalue weighted by Gasteiger charge is -2.34. The van der Waals surface area contributed by atoms with Gasteiger partial charge in [0.05, 0.1) is 6.54 Å². The Kier molecular flexibility index (Phi) is 6.80. The predicted molar refractivity (Wildman–Crippen MR) is 72.7 cm³/mol. The summed E-state index contributed by atoms with van der Waals surface area (Å²) in [7, 11) is 0. The van der Waals surface area contributed by atoms with E-state index in [1.807, 2.05) is 13.8 Å². The van der Waals surface area contributed by atoms with Crippen LogP contribution in [0.3, 0.4) is 0 Å². The average molecular weight is 271 g/mol. The normalized spacial score (nSPS) is 20.3.